The van der Waals surface area contributed by atoms with Gasteiger partial charge in [-0.3, -0.25) is 0 Å². The second-order valence-electron chi connectivity index (χ2n) is 12.4. The van der Waals surface area contributed by atoms with E-state index in [9.17, 15) is 0 Å². The summed E-state index contributed by atoms with van der Waals surface area (Å²) in [6.07, 6.45) is 0. The maximum Gasteiger partial charge on any atom is 0.124 e. The third-order valence-corrected chi connectivity index (χ3v) is 10.6. The van der Waals surface area contributed by atoms with Gasteiger partial charge in [-0.1, -0.05) is 145 Å². The molecule has 0 atom stereocenters. The predicted molar refractivity (Wildman–Crippen MR) is 213 cm³/mol. The van der Waals surface area contributed by atoms with Crippen molar-refractivity contribution in [3.63, 3.8) is 0 Å². The number of hydrogen-bond acceptors (Lipinski definition) is 3. The highest BCUT2D eigenvalue weighted by molar-refractivity contribution is 7.19. The van der Waals surface area contributed by atoms with Crippen molar-refractivity contribution in [3.8, 4) is 54.5 Å². The molecule has 0 radical (unpaired) electrons. The molecule has 2 nitrogen and oxygen atoms in total. The molecular formula is C47H30N2S. The standard InChI is InChI=1S/C47H30N2S/c1-3-10-31(11-4-1)33-18-23-37(24-19-33)49(39-27-20-32-12-7-8-15-36(32)30-39)38-25-21-34(22-26-38)40-28-29-43-44-41(40)16-9-17-42(44)45-46(43)50-47(48-45)35-13-5-2-6-14-35/h1-30H/i2D,5D,6D,13D,14D. The van der Waals surface area contributed by atoms with E-state index in [1.165, 1.54) is 33.2 Å². The van der Waals surface area contributed by atoms with Crippen LogP contribution in [0.3, 0.4) is 0 Å². The van der Waals surface area contributed by atoms with Crippen LogP contribution >= 0.6 is 11.3 Å². The van der Waals surface area contributed by atoms with Gasteiger partial charge >= 0.3 is 0 Å². The molecule has 1 aliphatic rings. The number of thiazole rings is 1. The minimum absolute atomic E-state index is 0.140. The van der Waals surface area contributed by atoms with E-state index in [0.29, 0.717) is 5.01 Å². The fourth-order valence-electron chi connectivity index (χ4n) is 7.18. The van der Waals surface area contributed by atoms with E-state index in [-0.39, 0.29) is 29.7 Å². The molecule has 0 amide bonds. The number of fused-ring (bicyclic) bond motifs is 4. The van der Waals surface area contributed by atoms with Crippen LogP contribution in [0.15, 0.2) is 182 Å². The van der Waals surface area contributed by atoms with Gasteiger partial charge in [0.15, 0.2) is 0 Å². The molecule has 0 spiro atoms. The Morgan fingerprint density at radius 3 is 1.92 bits per heavy atom. The summed E-state index contributed by atoms with van der Waals surface area (Å²) >= 11 is 1.37. The molecule has 0 saturated heterocycles. The SMILES string of the molecule is [2H]c1c([2H])c([2H])c(-c2nc3c(s2)-c2ccc(-c4ccc(N(c5ccc(-c6ccccc6)cc5)c5ccc6ccccc6c5)cc4)c4cccc-3c24)c([2H])c1[2H]. The maximum absolute atomic E-state index is 8.51. The van der Waals surface area contributed by atoms with Crippen LogP contribution in [-0.2, 0) is 0 Å². The first-order valence-electron chi connectivity index (χ1n) is 19.0. The Kier molecular flexibility index (Phi) is 5.60. The monoisotopic (exact) mass is 659 g/mol. The highest BCUT2D eigenvalue weighted by Gasteiger charge is 2.27. The molecule has 0 aliphatic heterocycles. The van der Waals surface area contributed by atoms with Crippen LogP contribution in [0.25, 0.3) is 76.1 Å². The molecule has 1 aromatic heterocycles. The fraction of sp³-hybridized carbons (Fsp3) is 0. The first-order valence-corrected chi connectivity index (χ1v) is 17.4. The van der Waals surface area contributed by atoms with Gasteiger partial charge in [0, 0.05) is 39.1 Å². The largest absolute Gasteiger partial charge is 0.310 e. The second kappa shape index (κ2) is 11.7. The zero-order valence-electron chi connectivity index (χ0n) is 31.7. The fourth-order valence-corrected chi connectivity index (χ4v) is 8.25. The molecule has 1 heterocycles. The van der Waals surface area contributed by atoms with E-state index >= 15 is 0 Å². The normalized spacial score (nSPS) is 13.0. The van der Waals surface area contributed by atoms with E-state index in [4.69, 9.17) is 11.8 Å². The summed E-state index contributed by atoms with van der Waals surface area (Å²) in [5.41, 5.74) is 10.7. The van der Waals surface area contributed by atoms with Crippen LogP contribution in [0.4, 0.5) is 17.1 Å². The average molecular weight is 660 g/mol. The molecule has 9 aromatic rings. The van der Waals surface area contributed by atoms with Crippen molar-refractivity contribution in [2.45, 2.75) is 0 Å². The Hall–Kier alpha value is -6.29. The van der Waals surface area contributed by atoms with Crippen molar-refractivity contribution >= 4 is 49.9 Å². The van der Waals surface area contributed by atoms with Crippen molar-refractivity contribution in [2.24, 2.45) is 0 Å². The molecule has 0 bridgehead atoms. The lowest BCUT2D eigenvalue weighted by Gasteiger charge is -2.26. The zero-order chi connectivity index (χ0) is 37.4. The lowest BCUT2D eigenvalue weighted by molar-refractivity contribution is 1.29. The summed E-state index contributed by atoms with van der Waals surface area (Å²) in [5.74, 6) is 0. The van der Waals surface area contributed by atoms with Gasteiger partial charge in [-0.05, 0) is 74.8 Å². The highest BCUT2D eigenvalue weighted by atomic mass is 32.1. The molecule has 1 aliphatic carbocycles. The molecule has 234 valence electrons. The van der Waals surface area contributed by atoms with Crippen molar-refractivity contribution in [1.29, 1.82) is 0 Å². The summed E-state index contributed by atoms with van der Waals surface area (Å²) in [4.78, 5) is 8.16. The van der Waals surface area contributed by atoms with Gasteiger partial charge in [-0.2, -0.15) is 0 Å². The highest BCUT2D eigenvalue weighted by Crippen LogP contribution is 2.52. The summed E-state index contributed by atoms with van der Waals surface area (Å²) in [6, 6.07) is 51.9. The summed E-state index contributed by atoms with van der Waals surface area (Å²) in [7, 11) is 0. The number of benzene rings is 8. The van der Waals surface area contributed by atoms with E-state index in [1.54, 1.807) is 0 Å². The van der Waals surface area contributed by atoms with Crippen molar-refractivity contribution in [3.05, 3.63) is 182 Å². The van der Waals surface area contributed by atoms with Gasteiger partial charge in [0.1, 0.15) is 5.01 Å². The Labute approximate surface area is 302 Å². The minimum Gasteiger partial charge on any atom is -0.310 e. The summed E-state index contributed by atoms with van der Waals surface area (Å²) in [6.45, 7) is 0. The molecule has 0 N–H and O–H groups in total. The molecule has 0 unspecified atom stereocenters. The number of aromatic nitrogens is 1. The Balaban J connectivity index is 1.04. The lowest BCUT2D eigenvalue weighted by atomic mass is 9.94. The molecule has 8 aromatic carbocycles. The van der Waals surface area contributed by atoms with Gasteiger partial charge in [0.25, 0.3) is 0 Å². The molecular weight excluding hydrogens is 625 g/mol. The second-order valence-corrected chi connectivity index (χ2v) is 13.4. The third kappa shape index (κ3) is 4.74. The lowest BCUT2D eigenvalue weighted by Crippen LogP contribution is -2.09. The van der Waals surface area contributed by atoms with Crippen molar-refractivity contribution in [2.75, 3.05) is 4.90 Å². The van der Waals surface area contributed by atoms with Gasteiger partial charge in [0.2, 0.25) is 0 Å². The Morgan fingerprint density at radius 1 is 0.480 bits per heavy atom. The number of rotatable bonds is 6. The van der Waals surface area contributed by atoms with E-state index in [2.05, 4.69) is 144 Å². The van der Waals surface area contributed by atoms with Crippen LogP contribution in [0, 0.1) is 0 Å². The van der Waals surface area contributed by atoms with Crippen LogP contribution < -0.4 is 4.90 Å². The summed E-state index contributed by atoms with van der Waals surface area (Å²) < 4.78 is 41.4. The number of anilines is 3. The van der Waals surface area contributed by atoms with Crippen LogP contribution in [0.5, 0.6) is 0 Å². The zero-order valence-corrected chi connectivity index (χ0v) is 27.6. The predicted octanol–water partition coefficient (Wildman–Crippen LogP) is 13.6. The Bertz CT molecular complexity index is 2920. The van der Waals surface area contributed by atoms with E-state index in [0.717, 1.165) is 60.7 Å². The minimum atomic E-state index is -0.405. The molecule has 3 heteroatoms. The van der Waals surface area contributed by atoms with Crippen molar-refractivity contribution < 1.29 is 6.85 Å². The quantitative estimate of drug-likeness (QED) is 0.177. The van der Waals surface area contributed by atoms with Crippen LogP contribution in [0.1, 0.15) is 6.85 Å². The van der Waals surface area contributed by atoms with Gasteiger partial charge in [-0.25, -0.2) is 4.98 Å². The maximum atomic E-state index is 8.51. The van der Waals surface area contributed by atoms with Gasteiger partial charge in [0.05, 0.1) is 17.4 Å². The third-order valence-electron chi connectivity index (χ3n) is 9.54. The van der Waals surface area contributed by atoms with Crippen LogP contribution in [0.2, 0.25) is 0 Å². The Morgan fingerprint density at radius 2 is 1.14 bits per heavy atom. The first-order chi connectivity index (χ1) is 26.9. The summed E-state index contributed by atoms with van der Waals surface area (Å²) in [5, 5.41) is 5.03. The topological polar surface area (TPSA) is 16.1 Å². The number of hydrogen-bond donors (Lipinski definition) is 0. The van der Waals surface area contributed by atoms with Gasteiger partial charge < -0.3 is 4.90 Å². The van der Waals surface area contributed by atoms with Crippen LogP contribution in [-0.4, -0.2) is 4.98 Å². The van der Waals surface area contributed by atoms with E-state index < -0.39 is 6.04 Å². The number of nitrogens with zero attached hydrogens (tertiary/aromatic N) is 2. The van der Waals surface area contributed by atoms with Gasteiger partial charge in [-0.15, -0.1) is 11.3 Å². The molecule has 10 rings (SSSR count). The molecule has 0 saturated carbocycles. The van der Waals surface area contributed by atoms with E-state index in [1.807, 2.05) is 12.1 Å². The molecule has 0 fully saturated rings. The first kappa shape index (κ1) is 23.9. The average Bonchev–Trinajstić information content (AvgIpc) is 3.79. The smallest absolute Gasteiger partial charge is 0.124 e. The molecule has 50 heavy (non-hydrogen) atoms. The van der Waals surface area contributed by atoms with Crippen molar-refractivity contribution in [1.82, 2.24) is 4.98 Å².